The van der Waals surface area contributed by atoms with Gasteiger partial charge in [-0.25, -0.2) is 4.98 Å². The smallest absolute Gasteiger partial charge is 0.252 e. The zero-order valence-corrected chi connectivity index (χ0v) is 20.8. The van der Waals surface area contributed by atoms with Crippen molar-refractivity contribution < 1.29 is 9.53 Å². The van der Waals surface area contributed by atoms with Crippen LogP contribution in [0.4, 0.5) is 5.82 Å². The lowest BCUT2D eigenvalue weighted by Gasteiger charge is -2.24. The van der Waals surface area contributed by atoms with E-state index in [0.29, 0.717) is 35.9 Å². The molecule has 1 aromatic carbocycles. The molecule has 34 heavy (non-hydrogen) atoms. The summed E-state index contributed by atoms with van der Waals surface area (Å²) in [5, 5.41) is 17.6. The minimum absolute atomic E-state index is 0.0782. The third-order valence-corrected chi connectivity index (χ3v) is 5.85. The van der Waals surface area contributed by atoms with Gasteiger partial charge in [0, 0.05) is 62.3 Å². The van der Waals surface area contributed by atoms with Crippen molar-refractivity contribution in [3.63, 3.8) is 0 Å². The van der Waals surface area contributed by atoms with Crippen molar-refractivity contribution in [3.05, 3.63) is 47.0 Å². The van der Waals surface area contributed by atoms with E-state index < -0.39 is 0 Å². The Bertz CT molecular complexity index is 972. The van der Waals surface area contributed by atoms with Gasteiger partial charge >= 0.3 is 0 Å². The zero-order chi connectivity index (χ0) is 24.5. The fraction of sp³-hybridized carbons (Fsp3) is 0.500. The van der Waals surface area contributed by atoms with Gasteiger partial charge in [-0.2, -0.15) is 0 Å². The van der Waals surface area contributed by atoms with E-state index in [9.17, 15) is 4.79 Å². The summed E-state index contributed by atoms with van der Waals surface area (Å²) in [6, 6.07) is 10.3. The predicted octanol–water partition coefficient (Wildman–Crippen LogP) is 3.13. The first kappa shape index (κ1) is 25.8. The van der Waals surface area contributed by atoms with Crippen LogP contribution in [0.25, 0.3) is 11.3 Å². The average Bonchev–Trinajstić information content (AvgIpc) is 2.82. The molecule has 0 spiro atoms. The maximum atomic E-state index is 13.3. The highest BCUT2D eigenvalue weighted by atomic mass is 16.5. The Morgan fingerprint density at radius 1 is 1.29 bits per heavy atom. The van der Waals surface area contributed by atoms with E-state index in [1.165, 1.54) is 11.8 Å². The van der Waals surface area contributed by atoms with Crippen molar-refractivity contribution in [2.45, 2.75) is 45.3 Å². The normalized spacial score (nSPS) is 14.4. The molecule has 3 rings (SSSR count). The number of hydrogen-bond donors (Lipinski definition) is 4. The molecule has 0 bridgehead atoms. The number of carbonyl (C=O) groups is 1. The highest BCUT2D eigenvalue weighted by molar-refractivity contribution is 6.05. The summed E-state index contributed by atoms with van der Waals surface area (Å²) in [7, 11) is 4.06. The second-order valence-electron chi connectivity index (χ2n) is 9.16. The summed E-state index contributed by atoms with van der Waals surface area (Å²) in [5.41, 5.74) is 3.81. The maximum Gasteiger partial charge on any atom is 0.252 e. The molecule has 4 N–H and O–H groups in total. The van der Waals surface area contributed by atoms with E-state index in [1.807, 2.05) is 39.1 Å². The van der Waals surface area contributed by atoms with E-state index in [0.717, 1.165) is 38.0 Å². The lowest BCUT2D eigenvalue weighted by atomic mass is 10.0. The zero-order valence-electron chi connectivity index (χ0n) is 20.8. The van der Waals surface area contributed by atoms with Gasteiger partial charge in [0.2, 0.25) is 0 Å². The van der Waals surface area contributed by atoms with Crippen LogP contribution in [0.1, 0.15) is 48.2 Å². The molecule has 0 saturated carbocycles. The van der Waals surface area contributed by atoms with Crippen molar-refractivity contribution in [2.75, 3.05) is 45.7 Å². The summed E-state index contributed by atoms with van der Waals surface area (Å²) in [6.07, 6.45) is 2.81. The Kier molecular flexibility index (Phi) is 9.56. The quantitative estimate of drug-likeness (QED) is 0.380. The van der Waals surface area contributed by atoms with Gasteiger partial charge in [0.25, 0.3) is 5.91 Å². The summed E-state index contributed by atoms with van der Waals surface area (Å²) in [4.78, 5) is 20.4. The highest BCUT2D eigenvalue weighted by Gasteiger charge is 2.22. The monoisotopic (exact) mass is 466 g/mol. The fourth-order valence-corrected chi connectivity index (χ4v) is 4.05. The number of nitrogens with one attached hydrogen (secondary N) is 4. The van der Waals surface area contributed by atoms with Crippen LogP contribution in [0.3, 0.4) is 0 Å². The van der Waals surface area contributed by atoms with Crippen molar-refractivity contribution in [3.8, 4) is 11.3 Å². The van der Waals surface area contributed by atoms with Crippen LogP contribution >= 0.6 is 0 Å². The molecule has 0 radical (unpaired) electrons. The van der Waals surface area contributed by atoms with Crippen molar-refractivity contribution in [1.29, 1.82) is 5.41 Å². The number of benzene rings is 1. The van der Waals surface area contributed by atoms with E-state index in [2.05, 4.69) is 40.0 Å². The van der Waals surface area contributed by atoms with Gasteiger partial charge < -0.3 is 31.0 Å². The summed E-state index contributed by atoms with van der Waals surface area (Å²) in [6.45, 7) is 8.04. The molecule has 1 amide bonds. The van der Waals surface area contributed by atoms with Crippen LogP contribution in [0.15, 0.2) is 30.3 Å². The Morgan fingerprint density at radius 2 is 2.06 bits per heavy atom. The van der Waals surface area contributed by atoms with Gasteiger partial charge in [0.05, 0.1) is 11.3 Å². The first-order valence-corrected chi connectivity index (χ1v) is 12.0. The topological polar surface area (TPSA) is 102 Å². The molecule has 1 aromatic heterocycles. The van der Waals surface area contributed by atoms with Crippen molar-refractivity contribution in [2.24, 2.45) is 0 Å². The summed E-state index contributed by atoms with van der Waals surface area (Å²) < 4.78 is 5.42. The lowest BCUT2D eigenvalue weighted by Crippen LogP contribution is -2.39. The first-order valence-electron chi connectivity index (χ1n) is 12.0. The summed E-state index contributed by atoms with van der Waals surface area (Å²) in [5.74, 6) is 0.375. The molecule has 0 atom stereocenters. The van der Waals surface area contributed by atoms with Gasteiger partial charge in [-0.3, -0.25) is 4.79 Å². The molecule has 1 aliphatic rings. The number of ether oxygens (including phenoxy) is 1. The summed E-state index contributed by atoms with van der Waals surface area (Å²) >= 11 is 0. The number of hydrogen-bond acceptors (Lipinski definition) is 7. The number of rotatable bonds is 11. The van der Waals surface area contributed by atoms with Crippen LogP contribution in [0.5, 0.6) is 0 Å². The number of anilines is 1. The fourth-order valence-electron chi connectivity index (χ4n) is 4.05. The molecule has 1 saturated heterocycles. The minimum Gasteiger partial charge on any atom is -0.381 e. The second-order valence-corrected chi connectivity index (χ2v) is 9.16. The van der Waals surface area contributed by atoms with Crippen LogP contribution in [0, 0.1) is 5.41 Å². The predicted molar refractivity (Wildman–Crippen MR) is 138 cm³/mol. The molecule has 184 valence electrons. The molecule has 1 fully saturated rings. The van der Waals surface area contributed by atoms with Crippen LogP contribution in [-0.2, 0) is 11.3 Å². The molecular formula is C26H38N6O2. The lowest BCUT2D eigenvalue weighted by molar-refractivity contribution is 0.0696. The first-order chi connectivity index (χ1) is 16.4. The van der Waals surface area contributed by atoms with E-state index in [1.54, 1.807) is 0 Å². The number of pyridine rings is 1. The average molecular weight is 467 g/mol. The largest absolute Gasteiger partial charge is 0.381 e. The van der Waals surface area contributed by atoms with Crippen LogP contribution in [-0.4, -0.2) is 74.5 Å². The van der Waals surface area contributed by atoms with Crippen molar-refractivity contribution in [1.82, 2.24) is 20.5 Å². The van der Waals surface area contributed by atoms with Crippen molar-refractivity contribution >= 4 is 17.9 Å². The van der Waals surface area contributed by atoms with E-state index in [4.69, 9.17) is 15.1 Å². The highest BCUT2D eigenvalue weighted by Crippen LogP contribution is 2.27. The van der Waals surface area contributed by atoms with Crippen LogP contribution in [0.2, 0.25) is 0 Å². The Labute approximate surface area is 203 Å². The Morgan fingerprint density at radius 3 is 2.74 bits per heavy atom. The molecular weight excluding hydrogens is 428 g/mol. The van der Waals surface area contributed by atoms with Gasteiger partial charge in [0.1, 0.15) is 5.82 Å². The molecule has 0 aliphatic carbocycles. The third kappa shape index (κ3) is 7.09. The van der Waals surface area contributed by atoms with Gasteiger partial charge in [-0.05, 0) is 58.5 Å². The number of carbonyl (C=O) groups excluding carboxylic acids is 1. The number of aromatic nitrogens is 1. The maximum absolute atomic E-state index is 13.3. The molecule has 2 aromatic rings. The molecule has 2 heterocycles. The molecule has 1 aliphatic heterocycles. The van der Waals surface area contributed by atoms with E-state index >= 15 is 0 Å². The number of nitrogens with zero attached hydrogens (tertiary/aromatic N) is 2. The Balaban J connectivity index is 1.95. The second kappa shape index (κ2) is 12.6. The van der Waals surface area contributed by atoms with Crippen LogP contribution < -0.4 is 16.0 Å². The minimum atomic E-state index is -0.177. The van der Waals surface area contributed by atoms with Gasteiger partial charge in [-0.1, -0.05) is 18.2 Å². The molecule has 0 unspecified atom stereocenters. The Hall–Kier alpha value is -2.81. The number of amides is 1. The SMILES string of the molecule is CNCCN(C)Cc1cccc(-c2cc(C(=O)NC3CCOCC3)c(C=N)c(NC(C)C)n2)c1. The number of likely N-dealkylation sites (N-methyl/N-ethyl adjacent to an activating group) is 2. The van der Waals surface area contributed by atoms with Gasteiger partial charge in [0.15, 0.2) is 0 Å². The molecule has 8 nitrogen and oxygen atoms in total. The third-order valence-electron chi connectivity index (χ3n) is 5.85. The van der Waals surface area contributed by atoms with E-state index in [-0.39, 0.29) is 18.0 Å². The van der Waals surface area contributed by atoms with Gasteiger partial charge in [-0.15, -0.1) is 0 Å². The molecule has 8 heteroatoms. The standard InChI is InChI=1S/C26H38N6O2/c1-18(2)29-25-23(16-27)22(26(33)30-21-8-12-34-13-9-21)15-24(31-25)20-7-5-6-19(14-20)17-32(4)11-10-28-3/h5-7,14-16,18,21,27-28H,8-13,17H2,1-4H3,(H,29,31)(H,30,33).